The van der Waals surface area contributed by atoms with Crippen molar-refractivity contribution >= 4 is 18.0 Å². The van der Waals surface area contributed by atoms with Crippen molar-refractivity contribution in [1.29, 1.82) is 0 Å². The van der Waals surface area contributed by atoms with Gasteiger partial charge in [0.1, 0.15) is 6.61 Å². The Balaban J connectivity index is 0.967. The predicted octanol–water partition coefficient (Wildman–Crippen LogP) is 2.72. The second-order valence-electron chi connectivity index (χ2n) is 10.0. The molecule has 2 N–H and O–H groups in total. The molecule has 35 heavy (non-hydrogen) atoms. The molecule has 2 amide bonds. The molecular formula is C27H28N2O6. The number of carbonyl (C=O) groups excluding carboxylic acids is 2. The molecule has 4 atom stereocenters. The van der Waals surface area contributed by atoms with Gasteiger partial charge in [0, 0.05) is 25.6 Å². The number of likely N-dealkylation sites (tertiary alicyclic amines) is 1. The first-order valence-electron chi connectivity index (χ1n) is 12.2. The van der Waals surface area contributed by atoms with Crippen molar-refractivity contribution in [2.75, 3.05) is 32.8 Å². The van der Waals surface area contributed by atoms with Crippen LogP contribution in [-0.2, 0) is 19.1 Å². The number of carboxylic acid groups (broad SMARTS) is 1. The number of ether oxygens (including phenoxy) is 2. The zero-order chi connectivity index (χ0) is 24.1. The lowest BCUT2D eigenvalue weighted by molar-refractivity contribution is -0.141. The number of aliphatic carboxylic acids is 1. The molecule has 8 nitrogen and oxygen atoms in total. The molecule has 2 saturated heterocycles. The normalized spacial score (nSPS) is 28.2. The molecule has 182 valence electrons. The number of fused-ring (bicyclic) bond motifs is 4. The average Bonchev–Trinajstić information content (AvgIpc) is 3.23. The topological polar surface area (TPSA) is 105 Å². The second-order valence-corrected chi connectivity index (χ2v) is 10.0. The molecule has 2 aromatic carbocycles. The summed E-state index contributed by atoms with van der Waals surface area (Å²) in [6.07, 6.45) is -0.200. The molecule has 6 rings (SSSR count). The number of nitrogens with one attached hydrogen (secondary N) is 1. The van der Waals surface area contributed by atoms with Gasteiger partial charge in [-0.1, -0.05) is 48.5 Å². The number of hydrogen-bond acceptors (Lipinski definition) is 5. The monoisotopic (exact) mass is 476 g/mol. The van der Waals surface area contributed by atoms with E-state index < -0.39 is 12.1 Å². The first-order valence-corrected chi connectivity index (χ1v) is 12.2. The first-order chi connectivity index (χ1) is 17.0. The van der Waals surface area contributed by atoms with Crippen molar-refractivity contribution in [3.05, 3.63) is 59.7 Å². The number of benzene rings is 2. The molecular weight excluding hydrogens is 448 g/mol. The van der Waals surface area contributed by atoms with Gasteiger partial charge in [-0.3, -0.25) is 9.59 Å². The van der Waals surface area contributed by atoms with Crippen molar-refractivity contribution in [3.63, 3.8) is 0 Å². The van der Waals surface area contributed by atoms with Gasteiger partial charge >= 0.3 is 12.1 Å². The molecule has 3 fully saturated rings. The van der Waals surface area contributed by atoms with Gasteiger partial charge in [0.15, 0.2) is 0 Å². The van der Waals surface area contributed by atoms with E-state index >= 15 is 0 Å². The molecule has 0 radical (unpaired) electrons. The van der Waals surface area contributed by atoms with Crippen LogP contribution in [0.25, 0.3) is 11.1 Å². The van der Waals surface area contributed by atoms with Gasteiger partial charge in [0.05, 0.1) is 24.5 Å². The van der Waals surface area contributed by atoms with Crippen LogP contribution < -0.4 is 5.32 Å². The van der Waals surface area contributed by atoms with Crippen molar-refractivity contribution in [2.45, 2.75) is 18.4 Å². The van der Waals surface area contributed by atoms with E-state index in [2.05, 4.69) is 29.6 Å². The standard InChI is InChI=1S/C27H28N2O6/c30-25(29-11-21-22(12-29)24(21)26(31)32)15-9-16(34-13-15)10-28-27(33)35-14-23-19-7-3-1-5-17(19)18-6-2-4-8-20(18)23/h1-8,15-16,21-24H,9-14H2,(H,28,33)(H,31,32). The molecule has 1 saturated carbocycles. The zero-order valence-electron chi connectivity index (χ0n) is 19.3. The summed E-state index contributed by atoms with van der Waals surface area (Å²) in [5.74, 6) is -1.04. The number of piperidine rings is 1. The molecule has 0 spiro atoms. The maximum Gasteiger partial charge on any atom is 0.407 e. The fraction of sp³-hybridized carbons (Fsp3) is 0.444. The van der Waals surface area contributed by atoms with Crippen LogP contribution in [0.15, 0.2) is 48.5 Å². The van der Waals surface area contributed by atoms with Crippen LogP contribution in [0.3, 0.4) is 0 Å². The van der Waals surface area contributed by atoms with Gasteiger partial charge in [-0.25, -0.2) is 4.79 Å². The van der Waals surface area contributed by atoms with Crippen molar-refractivity contribution in [1.82, 2.24) is 10.2 Å². The van der Waals surface area contributed by atoms with E-state index in [0.29, 0.717) is 26.1 Å². The molecule has 4 aliphatic rings. The van der Waals surface area contributed by atoms with Crippen LogP contribution in [0.2, 0.25) is 0 Å². The summed E-state index contributed by atoms with van der Waals surface area (Å²) in [5, 5.41) is 11.9. The molecule has 2 aromatic rings. The number of carbonyl (C=O) groups is 3. The van der Waals surface area contributed by atoms with E-state index in [-0.39, 0.29) is 54.8 Å². The summed E-state index contributed by atoms with van der Waals surface area (Å²) in [7, 11) is 0. The number of alkyl carbamates (subject to hydrolysis) is 1. The lowest BCUT2D eigenvalue weighted by atomic mass is 9.98. The molecule has 0 bridgehead atoms. The average molecular weight is 477 g/mol. The third kappa shape index (κ3) is 3.95. The fourth-order valence-electron chi connectivity index (χ4n) is 6.20. The maximum absolute atomic E-state index is 12.8. The Morgan fingerprint density at radius 2 is 1.63 bits per heavy atom. The third-order valence-corrected chi connectivity index (χ3v) is 8.04. The largest absolute Gasteiger partial charge is 0.481 e. The minimum Gasteiger partial charge on any atom is -0.481 e. The Morgan fingerprint density at radius 1 is 1.00 bits per heavy atom. The van der Waals surface area contributed by atoms with E-state index in [1.807, 2.05) is 24.3 Å². The molecule has 2 aliphatic heterocycles. The van der Waals surface area contributed by atoms with E-state index in [9.17, 15) is 14.4 Å². The summed E-state index contributed by atoms with van der Waals surface area (Å²) in [5.41, 5.74) is 4.69. The number of amides is 2. The highest BCUT2D eigenvalue weighted by molar-refractivity contribution is 5.82. The number of nitrogens with zero attached hydrogens (tertiary/aromatic N) is 1. The third-order valence-electron chi connectivity index (χ3n) is 8.04. The lowest BCUT2D eigenvalue weighted by Gasteiger charge is -2.22. The molecule has 2 heterocycles. The summed E-state index contributed by atoms with van der Waals surface area (Å²) in [6.45, 7) is 1.91. The predicted molar refractivity (Wildman–Crippen MR) is 126 cm³/mol. The van der Waals surface area contributed by atoms with Gasteiger partial charge in [0.2, 0.25) is 5.91 Å². The van der Waals surface area contributed by atoms with Crippen molar-refractivity contribution < 1.29 is 29.0 Å². The quantitative estimate of drug-likeness (QED) is 0.664. The van der Waals surface area contributed by atoms with Crippen LogP contribution in [0, 0.1) is 23.7 Å². The molecule has 8 heteroatoms. The molecule has 0 aromatic heterocycles. The Morgan fingerprint density at radius 3 is 2.26 bits per heavy atom. The van der Waals surface area contributed by atoms with E-state index in [1.54, 1.807) is 4.90 Å². The van der Waals surface area contributed by atoms with Gasteiger partial charge in [-0.2, -0.15) is 0 Å². The summed E-state index contributed by atoms with van der Waals surface area (Å²) in [4.78, 5) is 38.2. The Bertz CT molecular complexity index is 1120. The van der Waals surface area contributed by atoms with Gasteiger partial charge in [-0.05, 0) is 40.5 Å². The van der Waals surface area contributed by atoms with Crippen LogP contribution in [0.4, 0.5) is 4.79 Å². The minimum absolute atomic E-state index is 0.00489. The Kier molecular flexibility index (Phi) is 5.48. The summed E-state index contributed by atoms with van der Waals surface area (Å²) in [6, 6.07) is 16.4. The Labute approximate surface area is 203 Å². The van der Waals surface area contributed by atoms with Crippen LogP contribution in [0.5, 0.6) is 0 Å². The highest BCUT2D eigenvalue weighted by Gasteiger charge is 2.61. The highest BCUT2D eigenvalue weighted by Crippen LogP contribution is 2.52. The number of carboxylic acids is 1. The van der Waals surface area contributed by atoms with Gasteiger partial charge in [0.25, 0.3) is 0 Å². The summed E-state index contributed by atoms with van der Waals surface area (Å²) >= 11 is 0. The lowest BCUT2D eigenvalue weighted by Crippen LogP contribution is -2.38. The van der Waals surface area contributed by atoms with Crippen LogP contribution in [0.1, 0.15) is 23.5 Å². The van der Waals surface area contributed by atoms with Crippen LogP contribution in [-0.4, -0.2) is 66.9 Å². The van der Waals surface area contributed by atoms with Gasteiger partial charge < -0.3 is 24.8 Å². The van der Waals surface area contributed by atoms with Crippen molar-refractivity contribution in [2.24, 2.45) is 23.7 Å². The zero-order valence-corrected chi connectivity index (χ0v) is 19.3. The van der Waals surface area contributed by atoms with Crippen LogP contribution >= 0.6 is 0 Å². The van der Waals surface area contributed by atoms with Gasteiger partial charge in [-0.15, -0.1) is 0 Å². The molecule has 2 aliphatic carbocycles. The first kappa shape index (κ1) is 22.1. The molecule has 4 unspecified atom stereocenters. The number of hydrogen-bond donors (Lipinski definition) is 2. The highest BCUT2D eigenvalue weighted by atomic mass is 16.5. The second kappa shape index (κ2) is 8.68. The van der Waals surface area contributed by atoms with Crippen molar-refractivity contribution in [3.8, 4) is 11.1 Å². The fourth-order valence-corrected chi connectivity index (χ4v) is 6.20. The SMILES string of the molecule is O=C(NCC1CC(C(=O)N2CC3C(C2)C3C(=O)O)CO1)OCC1c2ccccc2-c2ccccc21. The smallest absolute Gasteiger partial charge is 0.407 e. The van der Waals surface area contributed by atoms with E-state index in [1.165, 1.54) is 11.1 Å². The summed E-state index contributed by atoms with van der Waals surface area (Å²) < 4.78 is 11.3. The van der Waals surface area contributed by atoms with E-state index in [4.69, 9.17) is 14.6 Å². The minimum atomic E-state index is -0.754. The van der Waals surface area contributed by atoms with E-state index in [0.717, 1.165) is 11.1 Å². The number of rotatable bonds is 6. The Hall–Kier alpha value is -3.39. The maximum atomic E-state index is 12.8.